The van der Waals surface area contributed by atoms with Crippen molar-refractivity contribution in [2.75, 3.05) is 0 Å². The number of hydrazone groups is 1. The summed E-state index contributed by atoms with van der Waals surface area (Å²) in [5, 5.41) is 4.85. The number of halogens is 1. The summed E-state index contributed by atoms with van der Waals surface area (Å²) < 4.78 is 0. The number of rotatable bonds is 1. The average molecular weight is 312 g/mol. The average Bonchev–Trinajstić information content (AvgIpc) is 2.97. The number of nitrogens with one attached hydrogen (secondary N) is 1. The Morgan fingerprint density at radius 2 is 2.00 bits per heavy atom. The van der Waals surface area contributed by atoms with E-state index in [9.17, 15) is 0 Å². The molecule has 6 fully saturated rings. The van der Waals surface area contributed by atoms with E-state index in [2.05, 4.69) is 26.5 Å². The fraction of sp³-hybridized carbons (Fsp3) is 0.833. The van der Waals surface area contributed by atoms with Gasteiger partial charge < -0.3 is 5.73 Å². The van der Waals surface area contributed by atoms with Crippen LogP contribution in [0.4, 0.5) is 0 Å². The molecular weight excluding hydrogens is 298 g/mol. The summed E-state index contributed by atoms with van der Waals surface area (Å²) >= 11 is 8.82. The predicted molar refractivity (Wildman–Crippen MR) is 72.6 cm³/mol. The van der Waals surface area contributed by atoms with Gasteiger partial charge in [-0.2, -0.15) is 5.10 Å². The maximum atomic E-state index is 5.49. The van der Waals surface area contributed by atoms with Crippen LogP contribution in [0, 0.1) is 47.3 Å². The molecule has 5 heteroatoms. The van der Waals surface area contributed by atoms with E-state index < -0.39 is 0 Å². The third-order valence-corrected chi connectivity index (χ3v) is 7.65. The fourth-order valence-corrected chi connectivity index (χ4v) is 7.97. The molecule has 6 bridgehead atoms. The molecule has 0 aromatic rings. The lowest BCUT2D eigenvalue weighted by atomic mass is 9.71. The third-order valence-electron chi connectivity index (χ3n) is 6.34. The zero-order valence-electron chi connectivity index (χ0n) is 9.21. The molecule has 0 amide bonds. The van der Waals surface area contributed by atoms with Crippen molar-refractivity contribution in [2.24, 2.45) is 58.2 Å². The lowest BCUT2D eigenvalue weighted by molar-refractivity contribution is 0.132. The van der Waals surface area contributed by atoms with Gasteiger partial charge in [-0.1, -0.05) is 15.9 Å². The van der Waals surface area contributed by atoms with E-state index in [0.29, 0.717) is 5.11 Å². The number of hydrogen-bond donors (Lipinski definition) is 2. The second-order valence-corrected chi connectivity index (χ2v) is 7.88. The highest BCUT2D eigenvalue weighted by Gasteiger charge is 2.82. The molecule has 0 aromatic heterocycles. The molecule has 0 unspecified atom stereocenters. The minimum atomic E-state index is 0.297. The molecule has 0 saturated heterocycles. The molecule has 90 valence electrons. The van der Waals surface area contributed by atoms with Gasteiger partial charge >= 0.3 is 0 Å². The molecule has 0 heterocycles. The SMILES string of the molecule is NC(=S)N/N=C1/[C@H]2[C@H]3[C@H](Br)[C@H]4[C@H]5C[C@@H]([C@H]1[C@H]53)[C@H]24. The second-order valence-electron chi connectivity index (χ2n) is 6.38. The van der Waals surface area contributed by atoms with Crippen LogP contribution < -0.4 is 11.2 Å². The summed E-state index contributed by atoms with van der Waals surface area (Å²) in [7, 11) is 0. The highest BCUT2D eigenvalue weighted by Crippen LogP contribution is 2.82. The fourth-order valence-electron chi connectivity index (χ4n) is 6.49. The van der Waals surface area contributed by atoms with Crippen molar-refractivity contribution in [3.8, 4) is 0 Å². The Bertz CT molecular complexity index is 476. The number of nitrogens with zero attached hydrogens (tertiary/aromatic N) is 1. The van der Waals surface area contributed by atoms with E-state index in [1.54, 1.807) is 0 Å². The highest BCUT2D eigenvalue weighted by molar-refractivity contribution is 9.09. The van der Waals surface area contributed by atoms with Gasteiger partial charge in [-0.05, 0) is 54.1 Å². The summed E-state index contributed by atoms with van der Waals surface area (Å²) in [6.07, 6.45) is 1.46. The predicted octanol–water partition coefficient (Wildman–Crippen LogP) is 1.33. The monoisotopic (exact) mass is 311 g/mol. The van der Waals surface area contributed by atoms with Crippen LogP contribution >= 0.6 is 28.1 Å². The van der Waals surface area contributed by atoms with E-state index in [-0.39, 0.29) is 0 Å². The molecular formula is C12H14BrN3S. The molecule has 6 aliphatic carbocycles. The molecule has 6 aliphatic rings. The first-order chi connectivity index (χ1) is 8.20. The van der Waals surface area contributed by atoms with Crippen LogP contribution in [-0.2, 0) is 0 Å². The van der Waals surface area contributed by atoms with E-state index >= 15 is 0 Å². The Hall–Kier alpha value is -0.160. The summed E-state index contributed by atoms with van der Waals surface area (Å²) in [4.78, 5) is 0.764. The minimum Gasteiger partial charge on any atom is -0.375 e. The lowest BCUT2D eigenvalue weighted by Gasteiger charge is -2.32. The van der Waals surface area contributed by atoms with E-state index in [1.165, 1.54) is 12.1 Å². The van der Waals surface area contributed by atoms with Crippen molar-refractivity contribution < 1.29 is 0 Å². The van der Waals surface area contributed by atoms with Crippen molar-refractivity contribution in [1.82, 2.24) is 5.43 Å². The number of hydrogen-bond acceptors (Lipinski definition) is 2. The molecule has 3 nitrogen and oxygen atoms in total. The van der Waals surface area contributed by atoms with Crippen LogP contribution in [0.5, 0.6) is 0 Å². The third kappa shape index (κ3) is 0.820. The lowest BCUT2D eigenvalue weighted by Crippen LogP contribution is -2.30. The normalized spacial score (nSPS) is 65.7. The van der Waals surface area contributed by atoms with Gasteiger partial charge in [0.15, 0.2) is 5.11 Å². The van der Waals surface area contributed by atoms with Gasteiger partial charge in [-0.3, -0.25) is 5.43 Å². The van der Waals surface area contributed by atoms with Gasteiger partial charge in [-0.25, -0.2) is 0 Å². The van der Waals surface area contributed by atoms with Gasteiger partial charge in [0.05, 0.1) is 0 Å². The van der Waals surface area contributed by atoms with Crippen LogP contribution in [0.15, 0.2) is 5.10 Å². The Balaban J connectivity index is 1.62. The van der Waals surface area contributed by atoms with E-state index in [1.807, 2.05) is 0 Å². The zero-order valence-corrected chi connectivity index (χ0v) is 11.6. The first kappa shape index (κ1) is 9.73. The standard InChI is InChI=1S/C12H14BrN3S/c13-10-6-2-1-3-4(6)9-8(10)5(2)7(3)11(9)15-16-12(14)17/h2-10H,1H2,(H3,14,16,17)/b15-11+/t2-,3+,4-,5-,6-,7-,8-,9+,10+/m0/s1. The van der Waals surface area contributed by atoms with Crippen LogP contribution in [0.25, 0.3) is 0 Å². The van der Waals surface area contributed by atoms with Gasteiger partial charge in [0.1, 0.15) is 0 Å². The van der Waals surface area contributed by atoms with Crippen LogP contribution in [0.2, 0.25) is 0 Å². The van der Waals surface area contributed by atoms with Crippen LogP contribution in [0.3, 0.4) is 0 Å². The smallest absolute Gasteiger partial charge is 0.184 e. The topological polar surface area (TPSA) is 50.4 Å². The number of thiocarbonyl (C=S) groups is 1. The molecule has 0 radical (unpaired) electrons. The van der Waals surface area contributed by atoms with E-state index in [4.69, 9.17) is 18.0 Å². The summed E-state index contributed by atoms with van der Waals surface area (Å²) in [5.74, 6) is 7.11. The zero-order chi connectivity index (χ0) is 11.5. The van der Waals surface area contributed by atoms with Crippen molar-refractivity contribution in [3.63, 3.8) is 0 Å². The van der Waals surface area contributed by atoms with Crippen molar-refractivity contribution >= 4 is 39.0 Å². The van der Waals surface area contributed by atoms with Crippen molar-refractivity contribution in [2.45, 2.75) is 11.2 Å². The second kappa shape index (κ2) is 2.72. The largest absolute Gasteiger partial charge is 0.375 e. The molecule has 6 saturated carbocycles. The molecule has 17 heavy (non-hydrogen) atoms. The van der Waals surface area contributed by atoms with Gasteiger partial charge in [0, 0.05) is 22.4 Å². The Kier molecular flexibility index (Phi) is 1.55. The van der Waals surface area contributed by atoms with Crippen LogP contribution in [0.1, 0.15) is 6.42 Å². The number of nitrogens with two attached hydrogens (primary N) is 1. The molecule has 0 aliphatic heterocycles. The maximum absolute atomic E-state index is 5.49. The van der Waals surface area contributed by atoms with Gasteiger partial charge in [0.25, 0.3) is 0 Å². The van der Waals surface area contributed by atoms with Gasteiger partial charge in [0.2, 0.25) is 0 Å². The minimum absolute atomic E-state index is 0.297. The van der Waals surface area contributed by atoms with Crippen molar-refractivity contribution in [1.29, 1.82) is 0 Å². The Labute approximate surface area is 114 Å². The Morgan fingerprint density at radius 3 is 2.71 bits per heavy atom. The Morgan fingerprint density at radius 1 is 1.24 bits per heavy atom. The summed E-state index contributed by atoms with van der Waals surface area (Å²) in [6.45, 7) is 0. The maximum Gasteiger partial charge on any atom is 0.184 e. The highest BCUT2D eigenvalue weighted by atomic mass is 79.9. The molecule has 6 rings (SSSR count). The van der Waals surface area contributed by atoms with Crippen LogP contribution in [-0.4, -0.2) is 15.7 Å². The molecule has 0 aromatic carbocycles. The molecule has 0 spiro atoms. The molecule has 9 atom stereocenters. The summed E-state index contributed by atoms with van der Waals surface area (Å²) in [6, 6.07) is 0. The van der Waals surface area contributed by atoms with Gasteiger partial charge in [-0.15, -0.1) is 0 Å². The quantitative estimate of drug-likeness (QED) is 0.436. The van der Waals surface area contributed by atoms with E-state index in [0.717, 1.165) is 52.2 Å². The first-order valence-electron chi connectivity index (χ1n) is 6.47. The molecule has 3 N–H and O–H groups in total. The summed E-state index contributed by atoms with van der Waals surface area (Å²) in [5.41, 5.74) is 9.73. The first-order valence-corrected chi connectivity index (χ1v) is 7.79. The van der Waals surface area contributed by atoms with Crippen molar-refractivity contribution in [3.05, 3.63) is 0 Å². The number of alkyl halides is 1.